The van der Waals surface area contributed by atoms with E-state index in [0.717, 1.165) is 12.1 Å². The quantitative estimate of drug-likeness (QED) is 0.777. The molecule has 0 spiro atoms. The van der Waals surface area contributed by atoms with Crippen LogP contribution in [0.25, 0.3) is 11.5 Å². The SMILES string of the molecule is O=C(Nc1ccc(F)cc1F)c1cc(-c2ccco2)[nH]n1. The molecule has 0 fully saturated rings. The van der Waals surface area contributed by atoms with E-state index in [0.29, 0.717) is 17.5 Å². The topological polar surface area (TPSA) is 70.9 Å². The summed E-state index contributed by atoms with van der Waals surface area (Å²) >= 11 is 0. The number of hydrogen-bond acceptors (Lipinski definition) is 3. The molecule has 0 saturated carbocycles. The summed E-state index contributed by atoms with van der Waals surface area (Å²) in [7, 11) is 0. The zero-order chi connectivity index (χ0) is 14.8. The average molecular weight is 289 g/mol. The van der Waals surface area contributed by atoms with E-state index in [4.69, 9.17) is 4.42 Å². The van der Waals surface area contributed by atoms with Crippen LogP contribution in [0.3, 0.4) is 0 Å². The minimum atomic E-state index is -0.856. The molecule has 106 valence electrons. The number of aromatic nitrogens is 2. The monoisotopic (exact) mass is 289 g/mol. The lowest BCUT2D eigenvalue weighted by molar-refractivity contribution is 0.102. The van der Waals surface area contributed by atoms with Crippen LogP contribution in [0, 0.1) is 11.6 Å². The van der Waals surface area contributed by atoms with Gasteiger partial charge in [-0.05, 0) is 24.3 Å². The Morgan fingerprint density at radius 1 is 1.24 bits per heavy atom. The van der Waals surface area contributed by atoms with Crippen LogP contribution in [0.4, 0.5) is 14.5 Å². The van der Waals surface area contributed by atoms with E-state index in [-0.39, 0.29) is 11.4 Å². The Morgan fingerprint density at radius 3 is 2.81 bits per heavy atom. The highest BCUT2D eigenvalue weighted by Gasteiger charge is 2.14. The number of hydrogen-bond donors (Lipinski definition) is 2. The molecule has 3 rings (SSSR count). The molecule has 21 heavy (non-hydrogen) atoms. The predicted octanol–water partition coefficient (Wildman–Crippen LogP) is 3.20. The van der Waals surface area contributed by atoms with Gasteiger partial charge in [-0.3, -0.25) is 9.89 Å². The summed E-state index contributed by atoms with van der Waals surface area (Å²) in [6, 6.07) is 7.75. The fraction of sp³-hybridized carbons (Fsp3) is 0. The fourth-order valence-corrected chi connectivity index (χ4v) is 1.77. The molecule has 0 aliphatic carbocycles. The molecule has 0 bridgehead atoms. The molecule has 0 unspecified atom stereocenters. The maximum Gasteiger partial charge on any atom is 0.276 e. The molecule has 0 saturated heterocycles. The van der Waals surface area contributed by atoms with E-state index in [9.17, 15) is 13.6 Å². The van der Waals surface area contributed by atoms with Gasteiger partial charge in [0, 0.05) is 12.1 Å². The van der Waals surface area contributed by atoms with E-state index < -0.39 is 17.5 Å². The van der Waals surface area contributed by atoms with Crippen LogP contribution < -0.4 is 5.32 Å². The van der Waals surface area contributed by atoms with Gasteiger partial charge >= 0.3 is 0 Å². The Balaban J connectivity index is 1.79. The van der Waals surface area contributed by atoms with Gasteiger partial charge in [0.1, 0.15) is 17.3 Å². The van der Waals surface area contributed by atoms with Gasteiger partial charge in [0.2, 0.25) is 0 Å². The number of nitrogens with zero attached hydrogens (tertiary/aromatic N) is 1. The second-order valence-corrected chi connectivity index (χ2v) is 4.22. The first-order valence-corrected chi connectivity index (χ1v) is 5.99. The van der Waals surface area contributed by atoms with E-state index in [1.807, 2.05) is 0 Å². The third kappa shape index (κ3) is 2.66. The molecular formula is C14H9F2N3O2. The molecule has 0 aliphatic rings. The second-order valence-electron chi connectivity index (χ2n) is 4.22. The summed E-state index contributed by atoms with van der Waals surface area (Å²) in [5, 5.41) is 8.78. The minimum absolute atomic E-state index is 0.0603. The number of carbonyl (C=O) groups excluding carboxylic acids is 1. The number of amides is 1. The molecule has 2 N–H and O–H groups in total. The van der Waals surface area contributed by atoms with E-state index in [1.165, 1.54) is 12.3 Å². The van der Waals surface area contributed by atoms with Crippen LogP contribution >= 0.6 is 0 Å². The number of anilines is 1. The molecule has 1 amide bonds. The van der Waals surface area contributed by atoms with Gasteiger partial charge in [-0.15, -0.1) is 0 Å². The molecule has 0 atom stereocenters. The van der Waals surface area contributed by atoms with Gasteiger partial charge in [-0.25, -0.2) is 8.78 Å². The molecule has 3 aromatic rings. The van der Waals surface area contributed by atoms with Crippen LogP contribution in [0.2, 0.25) is 0 Å². The van der Waals surface area contributed by atoms with Crippen molar-refractivity contribution in [1.82, 2.24) is 10.2 Å². The van der Waals surface area contributed by atoms with E-state index in [2.05, 4.69) is 15.5 Å². The summed E-state index contributed by atoms with van der Waals surface area (Å²) in [6.45, 7) is 0. The van der Waals surface area contributed by atoms with Crippen molar-refractivity contribution in [3.05, 3.63) is 60.0 Å². The maximum atomic E-state index is 13.5. The molecule has 5 nitrogen and oxygen atoms in total. The van der Waals surface area contributed by atoms with E-state index in [1.54, 1.807) is 12.1 Å². The lowest BCUT2D eigenvalue weighted by Gasteiger charge is -2.04. The zero-order valence-corrected chi connectivity index (χ0v) is 10.6. The van der Waals surface area contributed by atoms with Crippen molar-refractivity contribution in [3.63, 3.8) is 0 Å². The molecule has 7 heteroatoms. The Labute approximate surface area is 117 Å². The lowest BCUT2D eigenvalue weighted by atomic mass is 10.2. The Kier molecular flexibility index (Phi) is 3.23. The summed E-state index contributed by atoms with van der Waals surface area (Å²) in [5.74, 6) is -1.67. The number of halogens is 2. The van der Waals surface area contributed by atoms with Gasteiger partial charge in [0.15, 0.2) is 11.5 Å². The lowest BCUT2D eigenvalue weighted by Crippen LogP contribution is -2.13. The standard InChI is InChI=1S/C14H9F2N3O2/c15-8-3-4-10(9(16)6-8)17-14(20)12-7-11(18-19-12)13-2-1-5-21-13/h1-7H,(H,17,20)(H,18,19). The first kappa shape index (κ1) is 13.0. The van der Waals surface area contributed by atoms with Crippen LogP contribution in [0.15, 0.2) is 47.1 Å². The zero-order valence-electron chi connectivity index (χ0n) is 10.6. The molecule has 0 aliphatic heterocycles. The fourth-order valence-electron chi connectivity index (χ4n) is 1.77. The highest BCUT2D eigenvalue weighted by atomic mass is 19.1. The van der Waals surface area contributed by atoms with Crippen molar-refractivity contribution in [2.75, 3.05) is 5.32 Å². The van der Waals surface area contributed by atoms with Gasteiger partial charge < -0.3 is 9.73 Å². The molecule has 2 aromatic heterocycles. The number of benzene rings is 1. The third-order valence-corrected chi connectivity index (χ3v) is 2.78. The van der Waals surface area contributed by atoms with Crippen molar-refractivity contribution in [3.8, 4) is 11.5 Å². The Morgan fingerprint density at radius 2 is 2.10 bits per heavy atom. The smallest absolute Gasteiger partial charge is 0.276 e. The first-order chi connectivity index (χ1) is 10.1. The third-order valence-electron chi connectivity index (χ3n) is 2.78. The number of furan rings is 1. The van der Waals surface area contributed by atoms with E-state index >= 15 is 0 Å². The van der Waals surface area contributed by atoms with Gasteiger partial charge in [-0.1, -0.05) is 0 Å². The van der Waals surface area contributed by atoms with Crippen LogP contribution in [-0.2, 0) is 0 Å². The number of rotatable bonds is 3. The second kappa shape index (κ2) is 5.20. The van der Waals surface area contributed by atoms with Gasteiger partial charge in [0.25, 0.3) is 5.91 Å². The number of carbonyl (C=O) groups is 1. The first-order valence-electron chi connectivity index (χ1n) is 5.99. The molecular weight excluding hydrogens is 280 g/mol. The molecule has 2 heterocycles. The summed E-state index contributed by atoms with van der Waals surface area (Å²) in [4.78, 5) is 11.9. The highest BCUT2D eigenvalue weighted by Crippen LogP contribution is 2.19. The van der Waals surface area contributed by atoms with Crippen LogP contribution in [0.5, 0.6) is 0 Å². The van der Waals surface area contributed by atoms with Crippen molar-refractivity contribution >= 4 is 11.6 Å². The largest absolute Gasteiger partial charge is 0.463 e. The average Bonchev–Trinajstić information content (AvgIpc) is 3.10. The maximum absolute atomic E-state index is 13.5. The summed E-state index contributed by atoms with van der Waals surface area (Å²) < 4.78 is 31.4. The summed E-state index contributed by atoms with van der Waals surface area (Å²) in [6.07, 6.45) is 1.49. The normalized spacial score (nSPS) is 10.6. The Hall–Kier alpha value is -2.96. The number of H-pyrrole nitrogens is 1. The Bertz CT molecular complexity index is 781. The molecule has 0 radical (unpaired) electrons. The van der Waals surface area contributed by atoms with Crippen LogP contribution in [-0.4, -0.2) is 16.1 Å². The van der Waals surface area contributed by atoms with Gasteiger partial charge in [-0.2, -0.15) is 5.10 Å². The predicted molar refractivity (Wildman–Crippen MR) is 70.6 cm³/mol. The van der Waals surface area contributed by atoms with Crippen molar-refractivity contribution in [2.24, 2.45) is 0 Å². The number of nitrogens with one attached hydrogen (secondary N) is 2. The summed E-state index contributed by atoms with van der Waals surface area (Å²) in [5.41, 5.74) is 0.457. The van der Waals surface area contributed by atoms with Crippen molar-refractivity contribution < 1.29 is 18.0 Å². The molecule has 1 aromatic carbocycles. The van der Waals surface area contributed by atoms with Crippen molar-refractivity contribution in [1.29, 1.82) is 0 Å². The minimum Gasteiger partial charge on any atom is -0.463 e. The van der Waals surface area contributed by atoms with Gasteiger partial charge in [0.05, 0.1) is 12.0 Å². The van der Waals surface area contributed by atoms with Crippen molar-refractivity contribution in [2.45, 2.75) is 0 Å². The number of aromatic amines is 1. The highest BCUT2D eigenvalue weighted by molar-refractivity contribution is 6.03. The van der Waals surface area contributed by atoms with Crippen LogP contribution in [0.1, 0.15) is 10.5 Å².